The van der Waals surface area contributed by atoms with Crippen LogP contribution < -0.4 is 5.43 Å². The smallest absolute Gasteiger partial charge is 0.291 e. The topological polar surface area (TPSA) is 50.5 Å². The Morgan fingerprint density at radius 1 is 1.00 bits per heavy atom. The summed E-state index contributed by atoms with van der Waals surface area (Å²) in [7, 11) is 0. The molecule has 0 bridgehead atoms. The van der Waals surface area contributed by atoms with Gasteiger partial charge in [-0.2, -0.15) is 0 Å². The van der Waals surface area contributed by atoms with E-state index in [0.29, 0.717) is 21.6 Å². The van der Waals surface area contributed by atoms with Crippen LogP contribution in [-0.4, -0.2) is 10.8 Å². The highest BCUT2D eigenvalue weighted by Crippen LogP contribution is 2.40. The lowest BCUT2D eigenvalue weighted by Crippen LogP contribution is -2.29. The first kappa shape index (κ1) is 23.3. The molecule has 0 aliphatic carbocycles. The number of carbonyl (C=O) groups is 1. The zero-order chi connectivity index (χ0) is 25.1. The highest BCUT2D eigenvalue weighted by atomic mass is 35.5. The Balaban J connectivity index is 1.71. The second-order valence-corrected chi connectivity index (χ2v) is 10.5. The summed E-state index contributed by atoms with van der Waals surface area (Å²) in [5.74, 6) is -0.688. The Hall–Kier alpha value is -3.44. The minimum Gasteiger partial charge on any atom is -0.450 e. The van der Waals surface area contributed by atoms with Crippen molar-refractivity contribution in [2.24, 2.45) is 0 Å². The number of nitrogens with zero attached hydrogens (tertiary/aromatic N) is 1. The lowest BCUT2D eigenvalue weighted by Gasteiger charge is -2.26. The summed E-state index contributed by atoms with van der Waals surface area (Å²) < 4.78 is 19.5. The van der Waals surface area contributed by atoms with Crippen molar-refractivity contribution in [3.8, 4) is 0 Å². The number of fused-ring (bicyclic) bond motifs is 2. The van der Waals surface area contributed by atoms with Crippen LogP contribution in [0, 0.1) is 12.7 Å². The summed E-state index contributed by atoms with van der Waals surface area (Å²) in [5, 5.41) is 0.801. The Morgan fingerprint density at radius 3 is 2.29 bits per heavy atom. The van der Waals surface area contributed by atoms with Crippen molar-refractivity contribution in [2.75, 3.05) is 0 Å². The molecule has 1 aliphatic heterocycles. The molecule has 0 N–H and O–H groups in total. The van der Waals surface area contributed by atoms with E-state index in [9.17, 15) is 14.0 Å². The van der Waals surface area contributed by atoms with Gasteiger partial charge < -0.3 is 9.32 Å². The highest BCUT2D eigenvalue weighted by Gasteiger charge is 2.42. The van der Waals surface area contributed by atoms with Crippen LogP contribution >= 0.6 is 11.6 Å². The molecule has 178 valence electrons. The van der Waals surface area contributed by atoms with E-state index in [0.717, 1.165) is 22.3 Å². The molecule has 1 unspecified atom stereocenters. The molecule has 5 rings (SSSR count). The minimum atomic E-state index is -0.641. The normalized spacial score (nSPS) is 15.7. The van der Waals surface area contributed by atoms with Gasteiger partial charge in [-0.15, -0.1) is 0 Å². The van der Waals surface area contributed by atoms with Gasteiger partial charge in [0.25, 0.3) is 5.91 Å². The van der Waals surface area contributed by atoms with E-state index in [1.54, 1.807) is 29.2 Å². The molecule has 0 saturated carbocycles. The molecule has 4 aromatic rings. The molecule has 6 heteroatoms. The first-order chi connectivity index (χ1) is 16.5. The molecule has 3 aromatic carbocycles. The summed E-state index contributed by atoms with van der Waals surface area (Å²) in [6.07, 6.45) is 0. The molecule has 4 nitrogen and oxygen atoms in total. The average Bonchev–Trinajstić information content (AvgIpc) is 3.08. The maximum atomic E-state index is 13.7. The summed E-state index contributed by atoms with van der Waals surface area (Å²) in [6.45, 7) is 8.40. The molecular weight excluding hydrogens is 465 g/mol. The summed E-state index contributed by atoms with van der Waals surface area (Å²) in [5.41, 5.74) is 3.76. The van der Waals surface area contributed by atoms with Crippen LogP contribution in [-0.2, 0) is 12.0 Å². The van der Waals surface area contributed by atoms with E-state index in [2.05, 4.69) is 20.8 Å². The maximum absolute atomic E-state index is 13.7. The monoisotopic (exact) mass is 489 g/mol. The van der Waals surface area contributed by atoms with Crippen LogP contribution in [0.2, 0.25) is 5.02 Å². The Morgan fingerprint density at radius 2 is 1.66 bits per heavy atom. The second kappa shape index (κ2) is 8.35. The van der Waals surface area contributed by atoms with Crippen molar-refractivity contribution in [1.29, 1.82) is 0 Å². The fourth-order valence-corrected chi connectivity index (χ4v) is 4.77. The van der Waals surface area contributed by atoms with Crippen molar-refractivity contribution in [3.63, 3.8) is 0 Å². The first-order valence-electron chi connectivity index (χ1n) is 11.5. The van der Waals surface area contributed by atoms with Gasteiger partial charge in [0.2, 0.25) is 5.76 Å². The summed E-state index contributed by atoms with van der Waals surface area (Å²) in [6, 6.07) is 16.6. The van der Waals surface area contributed by atoms with E-state index in [-0.39, 0.29) is 34.9 Å². The largest absolute Gasteiger partial charge is 0.450 e. The van der Waals surface area contributed by atoms with Crippen molar-refractivity contribution in [3.05, 3.63) is 115 Å². The molecule has 0 radical (unpaired) electrons. The predicted molar refractivity (Wildman–Crippen MR) is 135 cm³/mol. The maximum Gasteiger partial charge on any atom is 0.291 e. The molecule has 1 aromatic heterocycles. The van der Waals surface area contributed by atoms with Gasteiger partial charge in [0.1, 0.15) is 11.4 Å². The number of amides is 1. The van der Waals surface area contributed by atoms with E-state index in [1.807, 2.05) is 31.2 Å². The number of rotatable bonds is 3. The van der Waals surface area contributed by atoms with Gasteiger partial charge in [-0.25, -0.2) is 4.39 Å². The lowest BCUT2D eigenvalue weighted by atomic mass is 9.86. The molecule has 35 heavy (non-hydrogen) atoms. The Bertz CT molecular complexity index is 1520. The van der Waals surface area contributed by atoms with Gasteiger partial charge in [-0.1, -0.05) is 68.8 Å². The van der Waals surface area contributed by atoms with E-state index < -0.39 is 6.04 Å². The van der Waals surface area contributed by atoms with E-state index in [1.165, 1.54) is 12.1 Å². The van der Waals surface area contributed by atoms with Gasteiger partial charge >= 0.3 is 0 Å². The number of halogens is 2. The fourth-order valence-electron chi connectivity index (χ4n) is 4.60. The van der Waals surface area contributed by atoms with Crippen molar-refractivity contribution < 1.29 is 13.6 Å². The number of hydrogen-bond donors (Lipinski definition) is 0. The highest BCUT2D eigenvalue weighted by molar-refractivity contribution is 6.32. The van der Waals surface area contributed by atoms with Crippen LogP contribution in [0.1, 0.15) is 65.2 Å². The van der Waals surface area contributed by atoms with Crippen LogP contribution in [0.3, 0.4) is 0 Å². The number of aryl methyl sites for hydroxylation is 1. The van der Waals surface area contributed by atoms with Gasteiger partial charge in [-0.3, -0.25) is 9.59 Å². The molecular formula is C29H25ClFNO3. The minimum absolute atomic E-state index is 0.0382. The van der Waals surface area contributed by atoms with Gasteiger partial charge in [0.05, 0.1) is 17.0 Å². The van der Waals surface area contributed by atoms with Gasteiger partial charge in [0, 0.05) is 11.6 Å². The second-order valence-electron chi connectivity index (χ2n) is 10.1. The third kappa shape index (κ3) is 4.04. The summed E-state index contributed by atoms with van der Waals surface area (Å²) in [4.78, 5) is 29.0. The molecule has 0 fully saturated rings. The Kier molecular flexibility index (Phi) is 5.56. The van der Waals surface area contributed by atoms with Gasteiger partial charge in [-0.05, 0) is 58.9 Å². The van der Waals surface area contributed by atoms with E-state index >= 15 is 0 Å². The lowest BCUT2D eigenvalue weighted by molar-refractivity contribution is 0.0714. The number of benzene rings is 3. The van der Waals surface area contributed by atoms with Gasteiger partial charge in [0.15, 0.2) is 5.43 Å². The fraction of sp³-hybridized carbons (Fsp3) is 0.241. The predicted octanol–water partition coefficient (Wildman–Crippen LogP) is 6.94. The molecule has 1 amide bonds. The molecule has 0 spiro atoms. The molecule has 2 heterocycles. The van der Waals surface area contributed by atoms with Crippen molar-refractivity contribution in [1.82, 2.24) is 4.90 Å². The van der Waals surface area contributed by atoms with Crippen molar-refractivity contribution >= 4 is 28.5 Å². The zero-order valence-electron chi connectivity index (χ0n) is 20.0. The van der Waals surface area contributed by atoms with Crippen LogP contribution in [0.25, 0.3) is 11.0 Å². The number of carbonyl (C=O) groups excluding carboxylic acids is 1. The Labute approximate surface area is 207 Å². The van der Waals surface area contributed by atoms with E-state index in [4.69, 9.17) is 16.0 Å². The average molecular weight is 490 g/mol. The standard InChI is InChI=1S/C29H25ClFNO3/c1-16-13-23-21(14-22(16)30)26(33)24-25(18-7-9-19(10-8-18)29(2,3)4)32(28(34)27(24)35-23)15-17-5-11-20(31)12-6-17/h5-14,25H,15H2,1-4H3. The van der Waals surface area contributed by atoms with Crippen LogP contribution in [0.15, 0.2) is 69.9 Å². The SMILES string of the molecule is Cc1cc2oc3c(c(=O)c2cc1Cl)C(c1ccc(C(C)(C)C)cc1)N(Cc1ccc(F)cc1)C3=O. The van der Waals surface area contributed by atoms with Crippen molar-refractivity contribution in [2.45, 2.75) is 45.7 Å². The van der Waals surface area contributed by atoms with Crippen LogP contribution in [0.4, 0.5) is 4.39 Å². The summed E-state index contributed by atoms with van der Waals surface area (Å²) >= 11 is 6.31. The third-order valence-electron chi connectivity index (χ3n) is 6.61. The zero-order valence-corrected chi connectivity index (χ0v) is 20.7. The molecule has 1 atom stereocenters. The molecule has 0 saturated heterocycles. The van der Waals surface area contributed by atoms with Crippen LogP contribution in [0.5, 0.6) is 0 Å². The number of hydrogen-bond acceptors (Lipinski definition) is 3. The first-order valence-corrected chi connectivity index (χ1v) is 11.8. The molecule has 1 aliphatic rings. The quantitative estimate of drug-likeness (QED) is 0.313. The third-order valence-corrected chi connectivity index (χ3v) is 7.01.